The summed E-state index contributed by atoms with van der Waals surface area (Å²) in [6.45, 7) is 0. The Kier molecular flexibility index (Phi) is 3.57. The minimum atomic E-state index is -1.01. The molecular formula is C16H16O7. The Labute approximate surface area is 131 Å². The van der Waals surface area contributed by atoms with Crippen LogP contribution in [0.3, 0.4) is 0 Å². The third kappa shape index (κ3) is 2.55. The van der Waals surface area contributed by atoms with E-state index in [1.807, 2.05) is 0 Å². The zero-order valence-electron chi connectivity index (χ0n) is 12.2. The van der Waals surface area contributed by atoms with Crippen LogP contribution in [0, 0.1) is 0 Å². The Morgan fingerprint density at radius 2 is 1.65 bits per heavy atom. The van der Waals surface area contributed by atoms with Crippen molar-refractivity contribution in [1.29, 1.82) is 0 Å². The molecule has 122 valence electrons. The largest absolute Gasteiger partial charge is 0.508 e. The van der Waals surface area contributed by atoms with E-state index in [0.29, 0.717) is 11.1 Å². The summed E-state index contributed by atoms with van der Waals surface area (Å²) in [6, 6.07) is 5.14. The molecule has 0 saturated heterocycles. The molecule has 0 aromatic heterocycles. The van der Waals surface area contributed by atoms with Crippen molar-refractivity contribution in [3.8, 4) is 34.5 Å². The fourth-order valence-electron chi connectivity index (χ4n) is 2.74. The van der Waals surface area contributed by atoms with Gasteiger partial charge in [-0.05, 0) is 12.1 Å². The summed E-state index contributed by atoms with van der Waals surface area (Å²) in [5.74, 6) is -0.761. The molecule has 0 saturated carbocycles. The van der Waals surface area contributed by atoms with Crippen molar-refractivity contribution >= 4 is 0 Å². The van der Waals surface area contributed by atoms with Gasteiger partial charge in [-0.1, -0.05) is 0 Å². The number of phenolic OH excluding ortho intramolecular Hbond substituents is 4. The second kappa shape index (κ2) is 5.44. The standard InChI is InChI=1S/C16H16O7/c1-22-16-11(19)2-7(3-12(16)20)15-13(21)6-9-10(18)4-8(17)5-14(9)23-15/h2-5,13,15,17-21H,6H2,1H3/t13-,15?/m1/s1. The van der Waals surface area contributed by atoms with Gasteiger partial charge in [0.05, 0.1) is 13.2 Å². The van der Waals surface area contributed by atoms with E-state index in [1.54, 1.807) is 0 Å². The van der Waals surface area contributed by atoms with E-state index < -0.39 is 12.2 Å². The van der Waals surface area contributed by atoms with E-state index in [2.05, 4.69) is 0 Å². The van der Waals surface area contributed by atoms with Crippen molar-refractivity contribution in [3.63, 3.8) is 0 Å². The summed E-state index contributed by atoms with van der Waals surface area (Å²) in [7, 11) is 1.31. The minimum absolute atomic E-state index is 0.0743. The molecule has 1 aliphatic rings. The molecule has 2 atom stereocenters. The van der Waals surface area contributed by atoms with Gasteiger partial charge in [-0.2, -0.15) is 0 Å². The van der Waals surface area contributed by atoms with Gasteiger partial charge in [-0.15, -0.1) is 0 Å². The first-order chi connectivity index (χ1) is 10.9. The van der Waals surface area contributed by atoms with Crippen LogP contribution in [0.25, 0.3) is 0 Å². The molecule has 0 radical (unpaired) electrons. The van der Waals surface area contributed by atoms with Crippen LogP contribution in [0.15, 0.2) is 24.3 Å². The number of aliphatic hydroxyl groups excluding tert-OH is 1. The van der Waals surface area contributed by atoms with Gasteiger partial charge in [0, 0.05) is 29.7 Å². The molecule has 2 aromatic carbocycles. The van der Waals surface area contributed by atoms with Crippen LogP contribution in [0.1, 0.15) is 17.2 Å². The number of ether oxygens (including phenoxy) is 2. The zero-order valence-corrected chi connectivity index (χ0v) is 12.2. The maximum absolute atomic E-state index is 10.3. The van der Waals surface area contributed by atoms with E-state index in [9.17, 15) is 25.5 Å². The first kappa shape index (κ1) is 15.1. The molecule has 1 heterocycles. The van der Waals surface area contributed by atoms with Gasteiger partial charge < -0.3 is 35.0 Å². The van der Waals surface area contributed by atoms with Crippen LogP contribution >= 0.6 is 0 Å². The van der Waals surface area contributed by atoms with Crippen molar-refractivity contribution in [2.45, 2.75) is 18.6 Å². The predicted molar refractivity (Wildman–Crippen MR) is 79.2 cm³/mol. The average Bonchev–Trinajstić information content (AvgIpc) is 2.47. The summed E-state index contributed by atoms with van der Waals surface area (Å²) >= 11 is 0. The molecule has 2 aromatic rings. The summed E-state index contributed by atoms with van der Waals surface area (Å²) < 4.78 is 10.5. The molecule has 7 nitrogen and oxygen atoms in total. The van der Waals surface area contributed by atoms with Gasteiger partial charge in [0.1, 0.15) is 17.2 Å². The molecule has 1 aliphatic heterocycles. The number of rotatable bonds is 2. The molecule has 0 amide bonds. The van der Waals surface area contributed by atoms with E-state index in [1.165, 1.54) is 31.4 Å². The highest BCUT2D eigenvalue weighted by atomic mass is 16.5. The van der Waals surface area contributed by atoms with Gasteiger partial charge >= 0.3 is 0 Å². The van der Waals surface area contributed by atoms with Crippen molar-refractivity contribution in [2.24, 2.45) is 0 Å². The molecule has 23 heavy (non-hydrogen) atoms. The molecular weight excluding hydrogens is 304 g/mol. The second-order valence-electron chi connectivity index (χ2n) is 5.34. The third-order valence-electron chi connectivity index (χ3n) is 3.79. The maximum Gasteiger partial charge on any atom is 0.202 e. The van der Waals surface area contributed by atoms with Gasteiger partial charge in [-0.3, -0.25) is 0 Å². The van der Waals surface area contributed by atoms with E-state index in [-0.39, 0.29) is 40.9 Å². The normalized spacial score (nSPS) is 19.7. The van der Waals surface area contributed by atoms with Gasteiger partial charge in [-0.25, -0.2) is 0 Å². The topological polar surface area (TPSA) is 120 Å². The number of hydrogen-bond donors (Lipinski definition) is 5. The molecule has 5 N–H and O–H groups in total. The Morgan fingerprint density at radius 1 is 1.00 bits per heavy atom. The van der Waals surface area contributed by atoms with Crippen LogP contribution in [-0.2, 0) is 6.42 Å². The lowest BCUT2D eigenvalue weighted by atomic mass is 9.93. The van der Waals surface area contributed by atoms with Crippen LogP contribution in [0.4, 0.5) is 0 Å². The van der Waals surface area contributed by atoms with Gasteiger partial charge in [0.2, 0.25) is 5.75 Å². The van der Waals surface area contributed by atoms with Crippen LogP contribution in [0.5, 0.6) is 34.5 Å². The third-order valence-corrected chi connectivity index (χ3v) is 3.79. The van der Waals surface area contributed by atoms with Crippen LogP contribution in [0.2, 0.25) is 0 Å². The molecule has 0 spiro atoms. The SMILES string of the molecule is COc1c(O)cc(C2Oc3cc(O)cc(O)c3C[C@H]2O)cc1O. The van der Waals surface area contributed by atoms with Crippen molar-refractivity contribution < 1.29 is 35.0 Å². The van der Waals surface area contributed by atoms with Crippen molar-refractivity contribution in [3.05, 3.63) is 35.4 Å². The summed E-state index contributed by atoms with van der Waals surface area (Å²) in [5.41, 5.74) is 0.718. The van der Waals surface area contributed by atoms with Gasteiger partial charge in [0.25, 0.3) is 0 Å². The number of phenols is 4. The molecule has 7 heteroatoms. The highest BCUT2D eigenvalue weighted by Gasteiger charge is 2.33. The minimum Gasteiger partial charge on any atom is -0.508 e. The second-order valence-corrected chi connectivity index (χ2v) is 5.34. The fourth-order valence-corrected chi connectivity index (χ4v) is 2.74. The summed E-state index contributed by atoms with van der Waals surface area (Å²) in [6.07, 6.45) is -1.80. The lowest BCUT2D eigenvalue weighted by Gasteiger charge is -2.31. The Balaban J connectivity index is 2.01. The van der Waals surface area contributed by atoms with Crippen molar-refractivity contribution in [2.75, 3.05) is 7.11 Å². The quantitative estimate of drug-likeness (QED) is 0.569. The van der Waals surface area contributed by atoms with Crippen LogP contribution < -0.4 is 9.47 Å². The number of aliphatic hydroxyl groups is 1. The Bertz CT molecular complexity index is 733. The monoisotopic (exact) mass is 320 g/mol. The molecule has 1 unspecified atom stereocenters. The van der Waals surface area contributed by atoms with E-state index >= 15 is 0 Å². The first-order valence-electron chi connectivity index (χ1n) is 6.90. The summed E-state index contributed by atoms with van der Waals surface area (Å²) in [5, 5.41) is 49.4. The smallest absolute Gasteiger partial charge is 0.202 e. The maximum atomic E-state index is 10.3. The lowest BCUT2D eigenvalue weighted by molar-refractivity contribution is 0.0196. The molecule has 0 aliphatic carbocycles. The average molecular weight is 320 g/mol. The van der Waals surface area contributed by atoms with E-state index in [4.69, 9.17) is 9.47 Å². The number of fused-ring (bicyclic) bond motifs is 1. The number of aromatic hydroxyl groups is 4. The van der Waals surface area contributed by atoms with Crippen molar-refractivity contribution in [1.82, 2.24) is 0 Å². The number of benzene rings is 2. The molecule has 3 rings (SSSR count). The van der Waals surface area contributed by atoms with Crippen LogP contribution in [-0.4, -0.2) is 38.7 Å². The summed E-state index contributed by atoms with van der Waals surface area (Å²) in [4.78, 5) is 0. The highest BCUT2D eigenvalue weighted by molar-refractivity contribution is 5.55. The zero-order chi connectivity index (χ0) is 16.7. The number of hydrogen-bond acceptors (Lipinski definition) is 7. The number of methoxy groups -OCH3 is 1. The highest BCUT2D eigenvalue weighted by Crippen LogP contribution is 2.44. The Morgan fingerprint density at radius 3 is 2.26 bits per heavy atom. The molecule has 0 bridgehead atoms. The Hall–Kier alpha value is -2.80. The predicted octanol–water partition coefficient (Wildman–Crippen LogP) is 1.55. The first-order valence-corrected chi connectivity index (χ1v) is 6.90. The van der Waals surface area contributed by atoms with E-state index in [0.717, 1.165) is 0 Å². The molecule has 0 fully saturated rings. The van der Waals surface area contributed by atoms with Gasteiger partial charge in [0.15, 0.2) is 17.6 Å². The fraction of sp³-hybridized carbons (Fsp3) is 0.250. The lowest BCUT2D eigenvalue weighted by Crippen LogP contribution is -2.30.